The number of ether oxygens (including phenoxy) is 2. The Labute approximate surface area is 122 Å². The lowest BCUT2D eigenvalue weighted by atomic mass is 10.2. The van der Waals surface area contributed by atoms with E-state index in [1.807, 2.05) is 0 Å². The molecule has 114 valence electrons. The fourth-order valence-corrected chi connectivity index (χ4v) is 2.77. The van der Waals surface area contributed by atoms with Crippen LogP contribution in [0, 0.1) is 6.92 Å². The number of sulfonamides is 1. The maximum Gasteiger partial charge on any atom is 0.279 e. The second kappa shape index (κ2) is 5.52. The molecule has 0 unspecified atom stereocenters. The Morgan fingerprint density at radius 3 is 2.38 bits per heavy atom. The predicted octanol–water partition coefficient (Wildman–Crippen LogP) is 1.12. The highest BCUT2D eigenvalue weighted by molar-refractivity contribution is 7.92. The summed E-state index contributed by atoms with van der Waals surface area (Å²) >= 11 is 0. The Morgan fingerprint density at radius 1 is 1.24 bits per heavy atom. The van der Waals surface area contributed by atoms with Crippen molar-refractivity contribution in [3.8, 4) is 11.5 Å². The summed E-state index contributed by atoms with van der Waals surface area (Å²) in [6.07, 6.45) is 1.23. The van der Waals surface area contributed by atoms with E-state index in [1.54, 1.807) is 6.92 Å². The van der Waals surface area contributed by atoms with Crippen LogP contribution in [-0.2, 0) is 10.0 Å². The molecule has 0 saturated heterocycles. The minimum Gasteiger partial charge on any atom is -0.493 e. The molecule has 0 radical (unpaired) electrons. The molecule has 1 aromatic heterocycles. The molecule has 0 bridgehead atoms. The van der Waals surface area contributed by atoms with E-state index in [1.165, 1.54) is 32.5 Å². The zero-order valence-electron chi connectivity index (χ0n) is 11.8. The standard InChI is InChI=1S/C12H16N4O4S/c1-7-14-6-12(15-7)21(17,18)16-9-5-11(20-3)10(19-2)4-8(9)13/h4-6,16H,13H2,1-3H3,(H,14,15). The van der Waals surface area contributed by atoms with Gasteiger partial charge < -0.3 is 20.2 Å². The summed E-state index contributed by atoms with van der Waals surface area (Å²) in [5, 5.41) is -0.0471. The van der Waals surface area contributed by atoms with Gasteiger partial charge in [0.1, 0.15) is 5.82 Å². The van der Waals surface area contributed by atoms with Gasteiger partial charge in [-0.3, -0.25) is 4.72 Å². The lowest BCUT2D eigenvalue weighted by Gasteiger charge is -2.13. The molecule has 1 heterocycles. The van der Waals surface area contributed by atoms with Crippen LogP contribution in [0.5, 0.6) is 11.5 Å². The summed E-state index contributed by atoms with van der Waals surface area (Å²) in [6, 6.07) is 2.93. The van der Waals surface area contributed by atoms with Gasteiger partial charge in [0, 0.05) is 12.1 Å². The number of anilines is 2. The van der Waals surface area contributed by atoms with E-state index in [-0.39, 0.29) is 16.4 Å². The molecule has 2 aromatic rings. The Hall–Kier alpha value is -2.42. The van der Waals surface area contributed by atoms with E-state index in [9.17, 15) is 8.42 Å². The minimum absolute atomic E-state index is 0.0471. The van der Waals surface area contributed by atoms with Crippen molar-refractivity contribution in [3.05, 3.63) is 24.2 Å². The van der Waals surface area contributed by atoms with E-state index >= 15 is 0 Å². The Kier molecular flexibility index (Phi) is 3.94. The average Bonchev–Trinajstić information content (AvgIpc) is 2.88. The quantitative estimate of drug-likeness (QED) is 0.712. The summed E-state index contributed by atoms with van der Waals surface area (Å²) in [4.78, 5) is 6.51. The SMILES string of the molecule is COc1cc(N)c(NS(=O)(=O)c2cnc(C)[nH]2)cc1OC. The van der Waals surface area contributed by atoms with Crippen LogP contribution in [0.25, 0.3) is 0 Å². The summed E-state index contributed by atoms with van der Waals surface area (Å²) in [6.45, 7) is 1.66. The van der Waals surface area contributed by atoms with Crippen LogP contribution in [0.1, 0.15) is 5.82 Å². The summed E-state index contributed by atoms with van der Waals surface area (Å²) in [5.41, 5.74) is 6.23. The van der Waals surface area contributed by atoms with Crippen molar-refractivity contribution in [2.75, 3.05) is 24.7 Å². The fourth-order valence-electron chi connectivity index (χ4n) is 1.72. The number of hydrogen-bond acceptors (Lipinski definition) is 6. The van der Waals surface area contributed by atoms with Crippen LogP contribution in [-0.4, -0.2) is 32.6 Å². The number of H-pyrrole nitrogens is 1. The zero-order valence-corrected chi connectivity index (χ0v) is 12.6. The van der Waals surface area contributed by atoms with Gasteiger partial charge in [0.05, 0.1) is 31.8 Å². The average molecular weight is 312 g/mol. The molecular weight excluding hydrogens is 296 g/mol. The minimum atomic E-state index is -3.80. The molecule has 0 spiro atoms. The molecule has 2 rings (SSSR count). The highest BCUT2D eigenvalue weighted by Gasteiger charge is 2.19. The number of methoxy groups -OCH3 is 2. The molecule has 4 N–H and O–H groups in total. The fraction of sp³-hybridized carbons (Fsp3) is 0.250. The first-order chi connectivity index (χ1) is 9.87. The Morgan fingerprint density at radius 2 is 1.86 bits per heavy atom. The van der Waals surface area contributed by atoms with Crippen LogP contribution < -0.4 is 19.9 Å². The number of aromatic nitrogens is 2. The number of nitrogens with one attached hydrogen (secondary N) is 2. The van der Waals surface area contributed by atoms with Crippen molar-refractivity contribution in [3.63, 3.8) is 0 Å². The van der Waals surface area contributed by atoms with Crippen LogP contribution in [0.4, 0.5) is 11.4 Å². The monoisotopic (exact) mass is 312 g/mol. The number of benzene rings is 1. The van der Waals surface area contributed by atoms with Crippen LogP contribution in [0.3, 0.4) is 0 Å². The third-order valence-electron chi connectivity index (χ3n) is 2.77. The van der Waals surface area contributed by atoms with Crippen molar-refractivity contribution in [2.24, 2.45) is 0 Å². The van der Waals surface area contributed by atoms with Gasteiger partial charge in [0.25, 0.3) is 10.0 Å². The molecule has 0 aliphatic heterocycles. The number of rotatable bonds is 5. The summed E-state index contributed by atoms with van der Waals surface area (Å²) < 4.78 is 37.0. The van der Waals surface area contributed by atoms with Crippen LogP contribution in [0.2, 0.25) is 0 Å². The molecular formula is C12H16N4O4S. The molecule has 9 heteroatoms. The highest BCUT2D eigenvalue weighted by Crippen LogP contribution is 2.35. The molecule has 0 aliphatic carbocycles. The van der Waals surface area contributed by atoms with Gasteiger partial charge in [0.15, 0.2) is 16.5 Å². The van der Waals surface area contributed by atoms with E-state index in [0.717, 1.165) is 0 Å². The number of nitrogen functional groups attached to an aromatic ring is 1. The first-order valence-corrected chi connectivity index (χ1v) is 7.41. The Bertz CT molecular complexity index is 755. The Balaban J connectivity index is 2.39. The molecule has 0 amide bonds. The topological polar surface area (TPSA) is 119 Å². The van der Waals surface area contributed by atoms with Gasteiger partial charge in [-0.25, -0.2) is 4.98 Å². The molecule has 1 aromatic carbocycles. The third-order valence-corrected chi connectivity index (χ3v) is 4.04. The van der Waals surface area contributed by atoms with Crippen molar-refractivity contribution in [2.45, 2.75) is 11.9 Å². The molecule has 21 heavy (non-hydrogen) atoms. The van der Waals surface area contributed by atoms with E-state index in [2.05, 4.69) is 14.7 Å². The second-order valence-electron chi connectivity index (χ2n) is 4.23. The largest absolute Gasteiger partial charge is 0.493 e. The number of imidazole rings is 1. The summed E-state index contributed by atoms with van der Waals surface area (Å²) in [5.74, 6) is 1.27. The van der Waals surface area contributed by atoms with Crippen molar-refractivity contribution in [1.82, 2.24) is 9.97 Å². The first-order valence-electron chi connectivity index (χ1n) is 5.93. The molecule has 0 fully saturated rings. The molecule has 8 nitrogen and oxygen atoms in total. The maximum absolute atomic E-state index is 12.2. The second-order valence-corrected chi connectivity index (χ2v) is 5.88. The van der Waals surface area contributed by atoms with Crippen molar-refractivity contribution < 1.29 is 17.9 Å². The van der Waals surface area contributed by atoms with Crippen LogP contribution >= 0.6 is 0 Å². The van der Waals surface area contributed by atoms with Crippen LogP contribution in [0.15, 0.2) is 23.4 Å². The van der Waals surface area contributed by atoms with E-state index in [0.29, 0.717) is 17.3 Å². The number of aromatic amines is 1. The number of nitrogens with two attached hydrogens (primary N) is 1. The van der Waals surface area contributed by atoms with E-state index in [4.69, 9.17) is 15.2 Å². The predicted molar refractivity (Wildman–Crippen MR) is 78.1 cm³/mol. The number of hydrogen-bond donors (Lipinski definition) is 3. The zero-order chi connectivity index (χ0) is 15.6. The lowest BCUT2D eigenvalue weighted by molar-refractivity contribution is 0.355. The highest BCUT2D eigenvalue weighted by atomic mass is 32.2. The van der Waals surface area contributed by atoms with Gasteiger partial charge >= 0.3 is 0 Å². The van der Waals surface area contributed by atoms with Gasteiger partial charge in [-0.2, -0.15) is 8.42 Å². The molecule has 0 saturated carbocycles. The van der Waals surface area contributed by atoms with E-state index < -0.39 is 10.0 Å². The maximum atomic E-state index is 12.2. The smallest absolute Gasteiger partial charge is 0.279 e. The van der Waals surface area contributed by atoms with Gasteiger partial charge in [-0.15, -0.1) is 0 Å². The lowest BCUT2D eigenvalue weighted by Crippen LogP contribution is -2.14. The summed E-state index contributed by atoms with van der Waals surface area (Å²) in [7, 11) is -0.888. The normalized spacial score (nSPS) is 11.2. The van der Waals surface area contributed by atoms with Gasteiger partial charge in [0.2, 0.25) is 0 Å². The first kappa shape index (κ1) is 15.0. The molecule has 0 atom stereocenters. The third kappa shape index (κ3) is 3.02. The number of nitrogens with zero attached hydrogens (tertiary/aromatic N) is 1. The van der Waals surface area contributed by atoms with Crippen molar-refractivity contribution in [1.29, 1.82) is 0 Å². The number of aryl methyl sites for hydroxylation is 1. The van der Waals surface area contributed by atoms with Crippen molar-refractivity contribution >= 4 is 21.4 Å². The molecule has 0 aliphatic rings. The van der Waals surface area contributed by atoms with Gasteiger partial charge in [-0.05, 0) is 6.92 Å². The van der Waals surface area contributed by atoms with Gasteiger partial charge in [-0.1, -0.05) is 0 Å².